The largest absolute Gasteiger partial charge is 0.481 e. The fraction of sp³-hybridized carbons (Fsp3) is 0.579. The fourth-order valence-corrected chi connectivity index (χ4v) is 3.71. The number of carboxylic acid groups (broad SMARTS) is 2. The second-order valence-electron chi connectivity index (χ2n) is 7.65. The number of imidazole rings is 1. The van der Waals surface area contributed by atoms with Crippen LogP contribution >= 0.6 is 12.6 Å². The average molecular weight is 485 g/mol. The number of thiol groups is 1. The Morgan fingerprint density at radius 2 is 1.91 bits per heavy atom. The highest BCUT2D eigenvalue weighted by atomic mass is 32.1. The number of H-pyrrole nitrogens is 1. The van der Waals surface area contributed by atoms with E-state index in [4.69, 9.17) is 10.8 Å². The van der Waals surface area contributed by atoms with E-state index >= 15 is 0 Å². The zero-order valence-corrected chi connectivity index (χ0v) is 18.7. The molecule has 14 heteroatoms. The zero-order valence-electron chi connectivity index (χ0n) is 17.8. The summed E-state index contributed by atoms with van der Waals surface area (Å²) in [4.78, 5) is 68.3. The van der Waals surface area contributed by atoms with Gasteiger partial charge in [0.1, 0.15) is 18.1 Å². The monoisotopic (exact) mass is 484 g/mol. The molecule has 0 bridgehead atoms. The van der Waals surface area contributed by atoms with E-state index in [1.165, 1.54) is 17.4 Å². The third-order valence-corrected chi connectivity index (χ3v) is 5.60. The highest BCUT2D eigenvalue weighted by Crippen LogP contribution is 2.19. The van der Waals surface area contributed by atoms with E-state index in [9.17, 15) is 29.1 Å². The molecule has 1 aromatic rings. The van der Waals surface area contributed by atoms with Crippen LogP contribution in [0.25, 0.3) is 0 Å². The van der Waals surface area contributed by atoms with Crippen LogP contribution in [-0.2, 0) is 30.4 Å². The van der Waals surface area contributed by atoms with E-state index in [0.29, 0.717) is 18.5 Å². The molecule has 7 N–H and O–H groups in total. The zero-order chi connectivity index (χ0) is 24.5. The molecule has 0 spiro atoms. The van der Waals surface area contributed by atoms with Crippen LogP contribution in [0.15, 0.2) is 12.5 Å². The lowest BCUT2D eigenvalue weighted by Crippen LogP contribution is -2.58. The van der Waals surface area contributed by atoms with Gasteiger partial charge in [0.05, 0.1) is 12.4 Å². The number of carbonyl (C=O) groups is 5. The lowest BCUT2D eigenvalue weighted by molar-refractivity contribution is -0.149. The Morgan fingerprint density at radius 3 is 2.48 bits per heavy atom. The van der Waals surface area contributed by atoms with Crippen LogP contribution in [-0.4, -0.2) is 91.2 Å². The minimum absolute atomic E-state index is 0.00181. The van der Waals surface area contributed by atoms with Gasteiger partial charge < -0.3 is 36.5 Å². The van der Waals surface area contributed by atoms with Gasteiger partial charge in [0, 0.05) is 37.0 Å². The lowest BCUT2D eigenvalue weighted by atomic mass is 10.1. The maximum atomic E-state index is 13.0. The number of amides is 3. The number of carboxylic acids is 2. The number of aromatic amines is 1. The van der Waals surface area contributed by atoms with Gasteiger partial charge in [0.15, 0.2) is 0 Å². The number of rotatable bonds is 12. The number of aliphatic carboxylic acids is 2. The van der Waals surface area contributed by atoms with Crippen molar-refractivity contribution in [2.45, 2.75) is 56.3 Å². The fourth-order valence-electron chi connectivity index (χ4n) is 3.46. The first-order valence-electron chi connectivity index (χ1n) is 10.3. The summed E-state index contributed by atoms with van der Waals surface area (Å²) in [6, 6.07) is -4.38. The molecule has 4 atom stereocenters. The predicted octanol–water partition coefficient (Wildman–Crippen LogP) is -1.88. The van der Waals surface area contributed by atoms with Gasteiger partial charge in [-0.1, -0.05) is 0 Å². The maximum Gasteiger partial charge on any atom is 0.326 e. The number of hydrogen-bond acceptors (Lipinski definition) is 8. The van der Waals surface area contributed by atoms with Gasteiger partial charge >= 0.3 is 11.9 Å². The molecule has 4 unspecified atom stereocenters. The van der Waals surface area contributed by atoms with E-state index in [-0.39, 0.29) is 31.6 Å². The Balaban J connectivity index is 2.10. The molecule has 1 aromatic heterocycles. The molecule has 0 saturated carbocycles. The molecule has 3 amide bonds. The Labute approximate surface area is 194 Å². The first-order valence-corrected chi connectivity index (χ1v) is 11.0. The molecule has 182 valence electrons. The molecule has 1 fully saturated rings. The second-order valence-corrected chi connectivity index (χ2v) is 8.02. The van der Waals surface area contributed by atoms with Gasteiger partial charge in [-0.15, -0.1) is 0 Å². The SMILES string of the molecule is NC(CCC(=O)O)C(=O)NC(Cc1cnc[nH]1)C(=O)NC(CS)C(=O)N1CCCC1C(=O)O. The Bertz CT molecular complexity index is 865. The van der Waals surface area contributed by atoms with Gasteiger partial charge in [-0.05, 0) is 19.3 Å². The van der Waals surface area contributed by atoms with Crippen molar-refractivity contribution in [1.29, 1.82) is 0 Å². The maximum absolute atomic E-state index is 13.0. The summed E-state index contributed by atoms with van der Waals surface area (Å²) in [5.74, 6) is -4.33. The van der Waals surface area contributed by atoms with E-state index in [1.807, 2.05) is 0 Å². The van der Waals surface area contributed by atoms with Crippen molar-refractivity contribution < 1.29 is 34.2 Å². The molecule has 1 aliphatic rings. The average Bonchev–Trinajstić information content (AvgIpc) is 3.46. The van der Waals surface area contributed by atoms with Crippen LogP contribution in [0.2, 0.25) is 0 Å². The quantitative estimate of drug-likeness (QED) is 0.165. The molecule has 2 heterocycles. The van der Waals surface area contributed by atoms with Crippen LogP contribution in [0.5, 0.6) is 0 Å². The summed E-state index contributed by atoms with van der Waals surface area (Å²) in [6.45, 7) is 0.253. The van der Waals surface area contributed by atoms with Crippen molar-refractivity contribution in [3.8, 4) is 0 Å². The molecule has 0 aliphatic carbocycles. The third-order valence-electron chi connectivity index (χ3n) is 5.24. The Hall–Kier alpha value is -3.13. The van der Waals surface area contributed by atoms with Crippen molar-refractivity contribution in [2.75, 3.05) is 12.3 Å². The summed E-state index contributed by atoms with van der Waals surface area (Å²) in [5.41, 5.74) is 6.26. The van der Waals surface area contributed by atoms with Crippen LogP contribution < -0.4 is 16.4 Å². The van der Waals surface area contributed by atoms with Gasteiger partial charge in [-0.3, -0.25) is 19.2 Å². The van der Waals surface area contributed by atoms with Gasteiger partial charge in [0.25, 0.3) is 0 Å². The molecule has 1 aliphatic heterocycles. The summed E-state index contributed by atoms with van der Waals surface area (Å²) in [6.07, 6.45) is 3.26. The van der Waals surface area contributed by atoms with E-state index in [1.54, 1.807) is 0 Å². The molecule has 0 radical (unpaired) electrons. The highest BCUT2D eigenvalue weighted by molar-refractivity contribution is 7.80. The first-order chi connectivity index (χ1) is 15.6. The summed E-state index contributed by atoms with van der Waals surface area (Å²) in [7, 11) is 0. The third kappa shape index (κ3) is 7.46. The molecule has 13 nitrogen and oxygen atoms in total. The van der Waals surface area contributed by atoms with Crippen LogP contribution in [0.1, 0.15) is 31.4 Å². The number of aromatic nitrogens is 2. The molecular weight excluding hydrogens is 456 g/mol. The predicted molar refractivity (Wildman–Crippen MR) is 117 cm³/mol. The van der Waals surface area contributed by atoms with Crippen molar-refractivity contribution in [3.63, 3.8) is 0 Å². The molecule has 2 rings (SSSR count). The lowest BCUT2D eigenvalue weighted by Gasteiger charge is -2.28. The van der Waals surface area contributed by atoms with E-state index in [2.05, 4.69) is 33.2 Å². The van der Waals surface area contributed by atoms with Crippen LogP contribution in [0, 0.1) is 0 Å². The number of nitrogens with two attached hydrogens (primary N) is 1. The highest BCUT2D eigenvalue weighted by Gasteiger charge is 2.38. The molecule has 33 heavy (non-hydrogen) atoms. The van der Waals surface area contributed by atoms with Gasteiger partial charge in [-0.2, -0.15) is 12.6 Å². The number of hydrogen-bond donors (Lipinski definition) is 7. The number of carbonyl (C=O) groups excluding carboxylic acids is 3. The smallest absolute Gasteiger partial charge is 0.326 e. The minimum atomic E-state index is -1.15. The summed E-state index contributed by atoms with van der Waals surface area (Å²) in [5, 5.41) is 23.1. The van der Waals surface area contributed by atoms with Gasteiger partial charge in [-0.25, -0.2) is 9.78 Å². The van der Waals surface area contributed by atoms with Crippen molar-refractivity contribution >= 4 is 42.3 Å². The van der Waals surface area contributed by atoms with Crippen molar-refractivity contribution in [1.82, 2.24) is 25.5 Å². The van der Waals surface area contributed by atoms with E-state index < -0.39 is 53.8 Å². The van der Waals surface area contributed by atoms with Crippen LogP contribution in [0.4, 0.5) is 0 Å². The summed E-state index contributed by atoms with van der Waals surface area (Å²) >= 11 is 4.12. The van der Waals surface area contributed by atoms with Crippen molar-refractivity contribution in [2.24, 2.45) is 5.73 Å². The Kier molecular flexibility index (Phi) is 9.66. The molecular formula is C19H28N6O7S. The normalized spacial score (nSPS) is 18.2. The Morgan fingerprint density at radius 1 is 1.21 bits per heavy atom. The topological polar surface area (TPSA) is 208 Å². The summed E-state index contributed by atoms with van der Waals surface area (Å²) < 4.78 is 0. The van der Waals surface area contributed by atoms with Crippen LogP contribution in [0.3, 0.4) is 0 Å². The number of likely N-dealkylation sites (tertiary alicyclic amines) is 1. The minimum Gasteiger partial charge on any atom is -0.481 e. The molecule has 1 saturated heterocycles. The standard InChI is InChI=1S/C19H28N6O7S/c20-11(3-4-15(26)27)16(28)23-12(6-10-7-21-9-22-10)17(29)24-13(8-33)18(30)25-5-1-2-14(25)19(31)32/h7,9,11-14,33H,1-6,8,20H2,(H,21,22)(H,23,28)(H,24,29)(H,26,27)(H,31,32). The van der Waals surface area contributed by atoms with E-state index in [0.717, 1.165) is 0 Å². The van der Waals surface area contributed by atoms with Gasteiger partial charge in [0.2, 0.25) is 17.7 Å². The number of nitrogens with one attached hydrogen (secondary N) is 3. The second kappa shape index (κ2) is 12.2. The number of nitrogens with zero attached hydrogens (tertiary/aromatic N) is 2. The van der Waals surface area contributed by atoms with Crippen molar-refractivity contribution in [3.05, 3.63) is 18.2 Å². The molecule has 0 aromatic carbocycles. The first kappa shape index (κ1) is 26.1.